The number of hydrogen-bond donors (Lipinski definition) is 0. The van der Waals surface area contributed by atoms with Crippen LogP contribution in [0.15, 0.2) is 60.9 Å². The third-order valence-electron chi connectivity index (χ3n) is 6.87. The average molecular weight is 451 g/mol. The molecule has 34 heavy (non-hydrogen) atoms. The summed E-state index contributed by atoms with van der Waals surface area (Å²) in [5, 5.41) is 4.85. The van der Waals surface area contributed by atoms with E-state index in [1.807, 2.05) is 24.5 Å². The van der Waals surface area contributed by atoms with Crippen LogP contribution >= 0.6 is 0 Å². The molecule has 6 heteroatoms. The van der Waals surface area contributed by atoms with Crippen LogP contribution in [0.3, 0.4) is 0 Å². The molecule has 0 N–H and O–H groups in total. The Kier molecular flexibility index (Phi) is 4.69. The van der Waals surface area contributed by atoms with Crippen LogP contribution in [0.25, 0.3) is 43.6 Å². The number of benzene rings is 2. The predicted molar refractivity (Wildman–Crippen MR) is 137 cm³/mol. The molecular formula is C28H26N4O2. The van der Waals surface area contributed by atoms with Gasteiger partial charge in [0.15, 0.2) is 0 Å². The van der Waals surface area contributed by atoms with E-state index in [9.17, 15) is 0 Å². The van der Waals surface area contributed by atoms with E-state index >= 15 is 0 Å². The number of rotatable bonds is 5. The molecule has 0 fully saturated rings. The van der Waals surface area contributed by atoms with Crippen molar-refractivity contribution in [3.8, 4) is 11.5 Å². The number of ether oxygens (including phenoxy) is 2. The Labute approximate surface area is 197 Å². The summed E-state index contributed by atoms with van der Waals surface area (Å²) in [6.45, 7) is 5.72. The molecule has 0 saturated heterocycles. The topological polar surface area (TPSA) is 54.1 Å². The lowest BCUT2D eigenvalue weighted by molar-refractivity contribution is 0.415. The molecule has 0 unspecified atom stereocenters. The molecule has 0 radical (unpaired) electrons. The largest absolute Gasteiger partial charge is 0.497 e. The minimum atomic E-state index is 0.782. The third-order valence-corrected chi connectivity index (χ3v) is 6.87. The molecule has 0 bridgehead atoms. The van der Waals surface area contributed by atoms with E-state index in [0.29, 0.717) is 0 Å². The second-order valence-corrected chi connectivity index (χ2v) is 8.65. The molecule has 170 valence electrons. The van der Waals surface area contributed by atoms with Gasteiger partial charge >= 0.3 is 0 Å². The summed E-state index contributed by atoms with van der Waals surface area (Å²) in [4.78, 5) is 9.20. The van der Waals surface area contributed by atoms with Crippen molar-refractivity contribution in [1.29, 1.82) is 0 Å². The zero-order valence-electron chi connectivity index (χ0n) is 19.8. The van der Waals surface area contributed by atoms with Crippen molar-refractivity contribution in [1.82, 2.24) is 19.1 Å². The first-order valence-corrected chi connectivity index (χ1v) is 11.4. The molecule has 0 saturated carbocycles. The summed E-state index contributed by atoms with van der Waals surface area (Å²) >= 11 is 0. The Balaban J connectivity index is 1.57. The maximum absolute atomic E-state index is 5.55. The first kappa shape index (κ1) is 20.5. The Morgan fingerprint density at radius 1 is 0.618 bits per heavy atom. The Morgan fingerprint density at radius 2 is 1.06 bits per heavy atom. The van der Waals surface area contributed by atoms with Gasteiger partial charge < -0.3 is 18.6 Å². The van der Waals surface area contributed by atoms with Gasteiger partial charge in [0, 0.05) is 59.2 Å². The van der Waals surface area contributed by atoms with Crippen LogP contribution in [-0.4, -0.2) is 33.3 Å². The molecule has 0 amide bonds. The van der Waals surface area contributed by atoms with Gasteiger partial charge in [0.05, 0.1) is 47.7 Å². The van der Waals surface area contributed by atoms with Crippen LogP contribution in [0.2, 0.25) is 0 Å². The molecule has 2 aromatic carbocycles. The van der Waals surface area contributed by atoms with Crippen molar-refractivity contribution in [3.05, 3.63) is 72.3 Å². The fraction of sp³-hybridized carbons (Fsp3) is 0.214. The van der Waals surface area contributed by atoms with Gasteiger partial charge in [0.1, 0.15) is 11.5 Å². The van der Waals surface area contributed by atoms with Gasteiger partial charge in [0.25, 0.3) is 0 Å². The number of aryl methyl sites for hydroxylation is 4. The first-order chi connectivity index (χ1) is 16.6. The second kappa shape index (κ2) is 7.76. The van der Waals surface area contributed by atoms with Crippen LogP contribution in [0.4, 0.5) is 0 Å². The fourth-order valence-corrected chi connectivity index (χ4v) is 5.32. The normalized spacial score (nSPS) is 11.8. The van der Waals surface area contributed by atoms with Gasteiger partial charge in [-0.05, 0) is 50.2 Å². The monoisotopic (exact) mass is 450 g/mol. The molecule has 0 spiro atoms. The lowest BCUT2D eigenvalue weighted by atomic mass is 10.1. The van der Waals surface area contributed by atoms with Crippen LogP contribution in [-0.2, 0) is 13.1 Å². The smallest absolute Gasteiger partial charge is 0.120 e. The highest BCUT2D eigenvalue weighted by Crippen LogP contribution is 2.35. The zero-order chi connectivity index (χ0) is 23.4. The van der Waals surface area contributed by atoms with Gasteiger partial charge in [-0.15, -0.1) is 0 Å². The summed E-state index contributed by atoms with van der Waals surface area (Å²) in [5.41, 5.74) is 6.68. The molecule has 0 aliphatic heterocycles. The van der Waals surface area contributed by atoms with Gasteiger partial charge in [-0.3, -0.25) is 9.97 Å². The Hall–Kier alpha value is -4.06. The second-order valence-electron chi connectivity index (χ2n) is 8.65. The number of pyridine rings is 2. The van der Waals surface area contributed by atoms with E-state index in [1.54, 1.807) is 14.2 Å². The highest BCUT2D eigenvalue weighted by molar-refractivity contribution is 6.10. The van der Waals surface area contributed by atoms with Gasteiger partial charge in [-0.25, -0.2) is 0 Å². The van der Waals surface area contributed by atoms with Crippen molar-refractivity contribution in [2.24, 2.45) is 0 Å². The third kappa shape index (κ3) is 2.95. The summed E-state index contributed by atoms with van der Waals surface area (Å²) in [6, 6.07) is 16.8. The van der Waals surface area contributed by atoms with E-state index in [4.69, 9.17) is 9.47 Å². The maximum Gasteiger partial charge on any atom is 0.120 e. The number of fused-ring (bicyclic) bond motifs is 6. The maximum atomic E-state index is 5.55. The van der Waals surface area contributed by atoms with E-state index < -0.39 is 0 Å². The first-order valence-electron chi connectivity index (χ1n) is 11.4. The molecule has 4 aromatic heterocycles. The number of hydrogen-bond acceptors (Lipinski definition) is 4. The molecule has 4 heterocycles. The molecule has 0 aliphatic rings. The minimum absolute atomic E-state index is 0.782. The highest BCUT2D eigenvalue weighted by atomic mass is 16.5. The van der Waals surface area contributed by atoms with Crippen molar-refractivity contribution < 1.29 is 9.47 Å². The number of nitrogens with zero attached hydrogens (tertiary/aromatic N) is 4. The number of methoxy groups -OCH3 is 2. The van der Waals surface area contributed by atoms with E-state index in [0.717, 1.165) is 47.0 Å². The van der Waals surface area contributed by atoms with Crippen molar-refractivity contribution >= 4 is 43.6 Å². The van der Waals surface area contributed by atoms with E-state index in [2.05, 4.69) is 69.3 Å². The molecule has 0 aliphatic carbocycles. The fourth-order valence-electron chi connectivity index (χ4n) is 5.32. The Bertz CT molecular complexity index is 1580. The molecular weight excluding hydrogens is 424 g/mol. The number of aromatic nitrogens is 4. The lowest BCUT2D eigenvalue weighted by Crippen LogP contribution is -2.09. The SMILES string of the molecule is COc1ccc2c3ccnc(C)c3n(CCn3c4cc(OC)ccc4c4ccnc(C)c43)c2c1. The van der Waals surface area contributed by atoms with Crippen LogP contribution in [0.5, 0.6) is 11.5 Å². The zero-order valence-corrected chi connectivity index (χ0v) is 19.8. The summed E-state index contributed by atoms with van der Waals surface area (Å²) in [7, 11) is 3.42. The van der Waals surface area contributed by atoms with Crippen LogP contribution < -0.4 is 9.47 Å². The predicted octanol–water partition coefficient (Wildman–Crippen LogP) is 6.03. The van der Waals surface area contributed by atoms with E-state index in [1.165, 1.54) is 32.6 Å². The van der Waals surface area contributed by atoms with E-state index in [-0.39, 0.29) is 0 Å². The van der Waals surface area contributed by atoms with Crippen LogP contribution in [0, 0.1) is 13.8 Å². The lowest BCUT2D eigenvalue weighted by Gasteiger charge is -2.13. The van der Waals surface area contributed by atoms with Gasteiger partial charge in [-0.1, -0.05) is 0 Å². The molecule has 6 nitrogen and oxygen atoms in total. The summed E-state index contributed by atoms with van der Waals surface area (Å²) in [5.74, 6) is 1.70. The quantitative estimate of drug-likeness (QED) is 0.322. The molecule has 0 atom stereocenters. The summed E-state index contributed by atoms with van der Waals surface area (Å²) in [6.07, 6.45) is 3.78. The standard InChI is InChI=1S/C28H26N4O2/c1-17-27-23(9-11-29-17)21-7-5-19(33-3)15-25(21)31(27)13-14-32-26-16-20(34-4)6-8-22(26)24-10-12-30-18(2)28(24)32/h5-12,15-16H,13-14H2,1-4H3. The van der Waals surface area contributed by atoms with Crippen LogP contribution in [0.1, 0.15) is 11.4 Å². The van der Waals surface area contributed by atoms with Crippen molar-refractivity contribution in [2.75, 3.05) is 14.2 Å². The minimum Gasteiger partial charge on any atom is -0.497 e. The van der Waals surface area contributed by atoms with Crippen molar-refractivity contribution in [3.63, 3.8) is 0 Å². The van der Waals surface area contributed by atoms with Crippen molar-refractivity contribution in [2.45, 2.75) is 26.9 Å². The molecule has 6 aromatic rings. The Morgan fingerprint density at radius 3 is 1.47 bits per heavy atom. The average Bonchev–Trinajstić information content (AvgIpc) is 3.36. The van der Waals surface area contributed by atoms with Gasteiger partial charge in [0.2, 0.25) is 0 Å². The van der Waals surface area contributed by atoms with Gasteiger partial charge in [-0.2, -0.15) is 0 Å². The molecule has 6 rings (SSSR count). The highest BCUT2D eigenvalue weighted by Gasteiger charge is 2.17. The summed E-state index contributed by atoms with van der Waals surface area (Å²) < 4.78 is 15.9.